The Morgan fingerprint density at radius 3 is 2.61 bits per heavy atom. The Balaban J connectivity index is 2.06. The molecule has 0 aliphatic rings. The molecule has 6 heteroatoms. The van der Waals surface area contributed by atoms with E-state index in [1.807, 2.05) is 41.8 Å². The summed E-state index contributed by atoms with van der Waals surface area (Å²) in [6.07, 6.45) is 1.66. The van der Waals surface area contributed by atoms with Crippen LogP contribution in [0.2, 0.25) is 0 Å². The largest absolute Gasteiger partial charge is 0.234 e. The first-order valence-electron chi connectivity index (χ1n) is 7.63. The zero-order valence-corrected chi connectivity index (χ0v) is 13.5. The fraction of sp³-hybridized carbons (Fsp3) is 0.294. The lowest BCUT2D eigenvalue weighted by Crippen LogP contribution is -1.98. The van der Waals surface area contributed by atoms with Gasteiger partial charge in [-0.2, -0.15) is 5.10 Å². The molecule has 0 saturated heterocycles. The molecule has 2 aromatic heterocycles. The fourth-order valence-electron chi connectivity index (χ4n) is 2.82. The van der Waals surface area contributed by atoms with Crippen LogP contribution in [-0.4, -0.2) is 14.6 Å². The molecule has 23 heavy (non-hydrogen) atoms. The van der Waals surface area contributed by atoms with Crippen molar-refractivity contribution in [1.29, 1.82) is 5.53 Å². The van der Waals surface area contributed by atoms with Gasteiger partial charge in [0.2, 0.25) is 4.91 Å². The predicted molar refractivity (Wildman–Crippen MR) is 88.0 cm³/mol. The van der Waals surface area contributed by atoms with Crippen LogP contribution in [0, 0.1) is 19.4 Å². The van der Waals surface area contributed by atoms with Gasteiger partial charge in [-0.05, 0) is 44.0 Å². The van der Waals surface area contributed by atoms with Crippen molar-refractivity contribution in [1.82, 2.24) is 19.5 Å². The molecule has 0 amide bonds. The number of nitrogens with one attached hydrogen (secondary N) is 1. The number of hydrogen-bond donors (Lipinski definition) is 1. The number of hydrogen-bond acceptors (Lipinski definition) is 4. The maximum atomic E-state index is 6.77. The highest BCUT2D eigenvalue weighted by atomic mass is 15.3. The van der Waals surface area contributed by atoms with Crippen LogP contribution in [-0.2, 0) is 12.8 Å². The highest BCUT2D eigenvalue weighted by molar-refractivity contribution is 5.54. The molecule has 0 unspecified atom stereocenters. The molecule has 1 aromatic carbocycles. The van der Waals surface area contributed by atoms with Crippen molar-refractivity contribution in [3.8, 4) is 0 Å². The summed E-state index contributed by atoms with van der Waals surface area (Å²) in [7, 11) is 0. The Kier molecular flexibility index (Phi) is 4.00. The number of aryl methyl sites for hydroxylation is 3. The van der Waals surface area contributed by atoms with Crippen molar-refractivity contribution < 1.29 is 0 Å². The first kappa shape index (κ1) is 15.1. The van der Waals surface area contributed by atoms with Gasteiger partial charge in [-0.15, -0.1) is 0 Å². The van der Waals surface area contributed by atoms with Crippen LogP contribution in [0.25, 0.3) is 5.65 Å². The highest BCUT2D eigenvalue weighted by Crippen LogP contribution is 2.22. The minimum absolute atomic E-state index is 0.684. The van der Waals surface area contributed by atoms with Gasteiger partial charge in [-0.1, -0.05) is 19.1 Å². The Bertz CT molecular complexity index is 901. The lowest BCUT2D eigenvalue weighted by atomic mass is 10.0. The van der Waals surface area contributed by atoms with Crippen LogP contribution >= 0.6 is 0 Å². The van der Waals surface area contributed by atoms with Crippen LogP contribution in [0.5, 0.6) is 0 Å². The summed E-state index contributed by atoms with van der Waals surface area (Å²) in [6, 6.07) is 9.80. The first-order valence-corrected chi connectivity index (χ1v) is 7.63. The molecular formula is C17H19N6+. The molecule has 3 aromatic rings. The summed E-state index contributed by atoms with van der Waals surface area (Å²) >= 11 is 0. The molecule has 0 bridgehead atoms. The molecule has 6 nitrogen and oxygen atoms in total. The fourth-order valence-corrected chi connectivity index (χ4v) is 2.82. The van der Waals surface area contributed by atoms with Crippen LogP contribution in [0.4, 0.5) is 5.69 Å². The predicted octanol–water partition coefficient (Wildman–Crippen LogP) is 3.68. The normalized spacial score (nSPS) is 10.7. The van der Waals surface area contributed by atoms with Crippen molar-refractivity contribution in [2.24, 2.45) is 5.11 Å². The van der Waals surface area contributed by atoms with Crippen molar-refractivity contribution in [2.45, 2.75) is 33.6 Å². The summed E-state index contributed by atoms with van der Waals surface area (Å²) in [6.45, 7) is 6.18. The Labute approximate surface area is 134 Å². The zero-order valence-electron chi connectivity index (χ0n) is 13.5. The van der Waals surface area contributed by atoms with E-state index >= 15 is 0 Å². The molecule has 0 saturated carbocycles. The minimum atomic E-state index is 0.684. The SMILES string of the molecule is CCc1nn2c(C)cc(C)nc2c1Cc1ccc(N=[N+]=N)cc1. The Morgan fingerprint density at radius 2 is 1.96 bits per heavy atom. The van der Waals surface area contributed by atoms with Gasteiger partial charge in [0.25, 0.3) is 0 Å². The Hall–Kier alpha value is -2.85. The molecule has 0 atom stereocenters. The molecular weight excluding hydrogens is 288 g/mol. The van der Waals surface area contributed by atoms with E-state index in [2.05, 4.69) is 23.9 Å². The molecule has 116 valence electrons. The average molecular weight is 307 g/mol. The lowest BCUT2D eigenvalue weighted by molar-refractivity contribution is 0.849. The first-order chi connectivity index (χ1) is 11.1. The summed E-state index contributed by atoms with van der Waals surface area (Å²) in [5, 5.41) is 8.43. The molecule has 3 rings (SSSR count). The maximum absolute atomic E-state index is 6.77. The van der Waals surface area contributed by atoms with Gasteiger partial charge in [0.05, 0.1) is 5.69 Å². The number of rotatable bonds is 4. The van der Waals surface area contributed by atoms with E-state index in [0.717, 1.165) is 35.6 Å². The number of aromatic nitrogens is 3. The number of fused-ring (bicyclic) bond motifs is 1. The van der Waals surface area contributed by atoms with E-state index in [4.69, 9.17) is 15.6 Å². The van der Waals surface area contributed by atoms with Gasteiger partial charge in [-0.25, -0.2) is 9.50 Å². The number of nitrogens with zero attached hydrogens (tertiary/aromatic N) is 5. The van der Waals surface area contributed by atoms with Crippen LogP contribution in [0.1, 0.15) is 35.1 Å². The van der Waals surface area contributed by atoms with Crippen molar-refractivity contribution in [3.63, 3.8) is 0 Å². The summed E-state index contributed by atoms with van der Waals surface area (Å²) in [4.78, 5) is 7.74. The molecule has 0 aliphatic carbocycles. The van der Waals surface area contributed by atoms with E-state index in [1.165, 1.54) is 11.1 Å². The van der Waals surface area contributed by atoms with Gasteiger partial charge in [-0.3, -0.25) is 0 Å². The second-order valence-electron chi connectivity index (χ2n) is 5.60. The van der Waals surface area contributed by atoms with E-state index < -0.39 is 0 Å². The summed E-state index contributed by atoms with van der Waals surface area (Å²) in [5.41, 5.74) is 13.9. The third-order valence-corrected chi connectivity index (χ3v) is 3.89. The van der Waals surface area contributed by atoms with Gasteiger partial charge >= 0.3 is 0 Å². The second-order valence-corrected chi connectivity index (χ2v) is 5.60. The minimum Gasteiger partial charge on any atom is -0.234 e. The molecule has 0 spiro atoms. The monoisotopic (exact) mass is 307 g/mol. The molecule has 1 N–H and O–H groups in total. The average Bonchev–Trinajstić information content (AvgIpc) is 2.88. The molecule has 0 radical (unpaired) electrons. The smallest absolute Gasteiger partial charge is 0.220 e. The molecule has 2 heterocycles. The van der Waals surface area contributed by atoms with E-state index in [1.54, 1.807) is 0 Å². The lowest BCUT2D eigenvalue weighted by Gasteiger charge is -2.04. The van der Waals surface area contributed by atoms with Gasteiger partial charge in [0, 0.05) is 23.4 Å². The van der Waals surface area contributed by atoms with Crippen LogP contribution in [0.15, 0.2) is 35.4 Å². The third kappa shape index (κ3) is 2.89. The highest BCUT2D eigenvalue weighted by Gasteiger charge is 2.15. The second kappa shape index (κ2) is 6.10. The van der Waals surface area contributed by atoms with Crippen molar-refractivity contribution in [2.75, 3.05) is 0 Å². The molecule has 0 aliphatic heterocycles. The summed E-state index contributed by atoms with van der Waals surface area (Å²) in [5.74, 6) is 0. The Morgan fingerprint density at radius 1 is 1.22 bits per heavy atom. The van der Waals surface area contributed by atoms with E-state index in [9.17, 15) is 0 Å². The van der Waals surface area contributed by atoms with Gasteiger partial charge in [0.15, 0.2) is 16.4 Å². The third-order valence-electron chi connectivity index (χ3n) is 3.89. The van der Waals surface area contributed by atoms with E-state index in [0.29, 0.717) is 5.69 Å². The maximum Gasteiger partial charge on any atom is 0.220 e. The zero-order chi connectivity index (χ0) is 16.4. The van der Waals surface area contributed by atoms with Crippen LogP contribution < -0.4 is 4.91 Å². The quantitative estimate of drug-likeness (QED) is 0.589. The van der Waals surface area contributed by atoms with Gasteiger partial charge in [0.1, 0.15) is 5.53 Å². The number of benzene rings is 1. The molecule has 0 fully saturated rings. The summed E-state index contributed by atoms with van der Waals surface area (Å²) < 4.78 is 1.93. The van der Waals surface area contributed by atoms with Crippen LogP contribution in [0.3, 0.4) is 0 Å². The van der Waals surface area contributed by atoms with Gasteiger partial charge < -0.3 is 0 Å². The van der Waals surface area contributed by atoms with Crippen molar-refractivity contribution in [3.05, 3.63) is 58.5 Å². The van der Waals surface area contributed by atoms with E-state index in [-0.39, 0.29) is 0 Å². The van der Waals surface area contributed by atoms with Crippen molar-refractivity contribution >= 4 is 11.3 Å². The topological polar surface area (TPSA) is 80.5 Å². The standard InChI is InChI=1S/C17H19N6/c1-4-16-15(10-13-5-7-14(8-6-13)20-22-18)17-19-11(2)9-12(3)23(17)21-16/h5-9,18H,4,10H2,1-3H3/q+1.